The minimum Gasteiger partial charge on any atom is -0.434 e. The van der Waals surface area contributed by atoms with E-state index < -0.39 is 6.61 Å². The number of hydrogen-bond acceptors (Lipinski definition) is 2. The summed E-state index contributed by atoms with van der Waals surface area (Å²) in [6.45, 7) is -2.95. The summed E-state index contributed by atoms with van der Waals surface area (Å²) in [6.07, 6.45) is 6.12. The summed E-state index contributed by atoms with van der Waals surface area (Å²) in [5.74, 6) is 2.33. The quantitative estimate of drug-likeness (QED) is 0.802. The molecule has 4 saturated carbocycles. The van der Waals surface area contributed by atoms with Crippen molar-refractivity contribution in [1.82, 2.24) is 5.32 Å². The SMILES string of the molecule is O=C(NC1C2CC3CC(C2)CC1C3)c1cc(Br)ccc1OC(F)F. The summed E-state index contributed by atoms with van der Waals surface area (Å²) in [5.41, 5.74) is 0.165. The van der Waals surface area contributed by atoms with Crippen molar-refractivity contribution in [3.63, 3.8) is 0 Å². The first-order valence-electron chi connectivity index (χ1n) is 8.55. The first kappa shape index (κ1) is 16.3. The number of amides is 1. The summed E-state index contributed by atoms with van der Waals surface area (Å²) >= 11 is 3.30. The lowest BCUT2D eigenvalue weighted by atomic mass is 9.54. The van der Waals surface area contributed by atoms with Crippen LogP contribution in [0, 0.1) is 23.7 Å². The number of halogens is 3. The number of nitrogens with one attached hydrogen (secondary N) is 1. The second kappa shape index (κ2) is 6.28. The Balaban J connectivity index is 1.53. The Hall–Kier alpha value is -1.17. The fourth-order valence-corrected chi connectivity index (χ4v) is 5.63. The van der Waals surface area contributed by atoms with E-state index >= 15 is 0 Å². The summed E-state index contributed by atoms with van der Waals surface area (Å²) in [7, 11) is 0. The van der Waals surface area contributed by atoms with Crippen LogP contribution in [0.5, 0.6) is 5.75 Å². The van der Waals surface area contributed by atoms with Gasteiger partial charge in [0.25, 0.3) is 5.91 Å². The normalized spacial score (nSPS) is 33.8. The highest BCUT2D eigenvalue weighted by molar-refractivity contribution is 9.10. The van der Waals surface area contributed by atoms with Crippen molar-refractivity contribution < 1.29 is 18.3 Å². The van der Waals surface area contributed by atoms with E-state index in [1.807, 2.05) is 0 Å². The third-order valence-corrected chi connectivity index (χ3v) is 6.42. The van der Waals surface area contributed by atoms with Gasteiger partial charge in [-0.05, 0) is 74.0 Å². The molecule has 24 heavy (non-hydrogen) atoms. The van der Waals surface area contributed by atoms with Crippen LogP contribution in [0.2, 0.25) is 0 Å². The van der Waals surface area contributed by atoms with Crippen molar-refractivity contribution in [1.29, 1.82) is 0 Å². The van der Waals surface area contributed by atoms with Gasteiger partial charge in [-0.3, -0.25) is 4.79 Å². The standard InChI is InChI=1S/C18H20BrF2NO2/c19-13-1-2-15(24-18(20)21)14(8-13)17(23)22-16-11-4-9-3-10(6-11)7-12(16)5-9/h1-2,8-12,16,18H,3-7H2,(H,22,23). The number of hydrogen-bond donors (Lipinski definition) is 1. The minimum absolute atomic E-state index is 0.0745. The Bertz CT molecular complexity index is 624. The lowest BCUT2D eigenvalue weighted by Crippen LogP contribution is -2.55. The highest BCUT2D eigenvalue weighted by atomic mass is 79.9. The van der Waals surface area contributed by atoms with Crippen LogP contribution in [0.3, 0.4) is 0 Å². The van der Waals surface area contributed by atoms with E-state index in [1.165, 1.54) is 38.2 Å². The maximum atomic E-state index is 12.7. The van der Waals surface area contributed by atoms with E-state index in [9.17, 15) is 13.6 Å². The molecule has 4 aliphatic carbocycles. The van der Waals surface area contributed by atoms with E-state index in [4.69, 9.17) is 0 Å². The Morgan fingerprint density at radius 2 is 1.75 bits per heavy atom. The predicted octanol–water partition coefficient (Wildman–Crippen LogP) is 4.61. The molecule has 4 aliphatic rings. The molecule has 0 heterocycles. The van der Waals surface area contributed by atoms with E-state index in [0.717, 1.165) is 11.8 Å². The lowest BCUT2D eigenvalue weighted by molar-refractivity contribution is -0.0503. The molecule has 1 amide bonds. The first-order chi connectivity index (χ1) is 11.5. The number of carbonyl (C=O) groups is 1. The molecule has 0 radical (unpaired) electrons. The van der Waals surface area contributed by atoms with Crippen LogP contribution in [0.15, 0.2) is 22.7 Å². The summed E-state index contributed by atoms with van der Waals surface area (Å²) in [4.78, 5) is 12.7. The molecule has 0 spiro atoms. The van der Waals surface area contributed by atoms with Gasteiger partial charge < -0.3 is 10.1 Å². The van der Waals surface area contributed by atoms with Gasteiger partial charge in [0, 0.05) is 10.5 Å². The van der Waals surface area contributed by atoms with E-state index in [1.54, 1.807) is 12.1 Å². The van der Waals surface area contributed by atoms with Gasteiger partial charge in [0.15, 0.2) is 0 Å². The zero-order valence-corrected chi connectivity index (χ0v) is 14.8. The zero-order chi connectivity index (χ0) is 16.8. The van der Waals surface area contributed by atoms with Crippen LogP contribution in [0.1, 0.15) is 42.5 Å². The first-order valence-corrected chi connectivity index (χ1v) is 9.34. The van der Waals surface area contributed by atoms with Crippen molar-refractivity contribution in [3.05, 3.63) is 28.2 Å². The molecule has 0 unspecified atom stereocenters. The predicted molar refractivity (Wildman–Crippen MR) is 89.1 cm³/mol. The molecule has 3 nitrogen and oxygen atoms in total. The van der Waals surface area contributed by atoms with Crippen molar-refractivity contribution in [3.8, 4) is 5.75 Å². The third-order valence-electron chi connectivity index (χ3n) is 5.93. The molecule has 5 rings (SSSR count). The maximum Gasteiger partial charge on any atom is 0.387 e. The van der Waals surface area contributed by atoms with Crippen LogP contribution in [0.4, 0.5) is 8.78 Å². The van der Waals surface area contributed by atoms with Crippen LogP contribution in [0.25, 0.3) is 0 Å². The molecule has 1 aromatic carbocycles. The highest BCUT2D eigenvalue weighted by Crippen LogP contribution is 2.53. The van der Waals surface area contributed by atoms with Crippen LogP contribution >= 0.6 is 15.9 Å². The average molecular weight is 400 g/mol. The van der Waals surface area contributed by atoms with Crippen molar-refractivity contribution in [2.24, 2.45) is 23.7 Å². The Morgan fingerprint density at radius 1 is 1.12 bits per heavy atom. The third kappa shape index (κ3) is 3.05. The Labute approximate surface area is 148 Å². The molecule has 0 saturated heterocycles. The average Bonchev–Trinajstić information content (AvgIpc) is 2.51. The second-order valence-corrected chi connectivity index (χ2v) is 8.36. The maximum absolute atomic E-state index is 12.7. The molecular formula is C18H20BrF2NO2. The Kier molecular flexibility index (Phi) is 4.27. The van der Waals surface area contributed by atoms with Crippen molar-refractivity contribution in [2.75, 3.05) is 0 Å². The van der Waals surface area contributed by atoms with Gasteiger partial charge in [0.1, 0.15) is 5.75 Å². The molecule has 4 bridgehead atoms. The van der Waals surface area contributed by atoms with Gasteiger partial charge in [-0.1, -0.05) is 15.9 Å². The van der Waals surface area contributed by atoms with E-state index in [-0.39, 0.29) is 23.3 Å². The number of carbonyl (C=O) groups excluding carboxylic acids is 1. The molecule has 1 N–H and O–H groups in total. The molecule has 6 heteroatoms. The molecular weight excluding hydrogens is 380 g/mol. The van der Waals surface area contributed by atoms with Crippen LogP contribution in [-0.4, -0.2) is 18.6 Å². The topological polar surface area (TPSA) is 38.3 Å². The van der Waals surface area contributed by atoms with Gasteiger partial charge >= 0.3 is 6.61 Å². The number of alkyl halides is 2. The smallest absolute Gasteiger partial charge is 0.387 e. The number of ether oxygens (including phenoxy) is 1. The van der Waals surface area contributed by atoms with Crippen molar-refractivity contribution in [2.45, 2.75) is 44.8 Å². The Morgan fingerprint density at radius 3 is 2.33 bits per heavy atom. The largest absolute Gasteiger partial charge is 0.434 e. The van der Waals surface area contributed by atoms with Crippen LogP contribution < -0.4 is 10.1 Å². The van der Waals surface area contributed by atoms with Gasteiger partial charge in [-0.25, -0.2) is 0 Å². The highest BCUT2D eigenvalue weighted by Gasteiger charge is 2.48. The fourth-order valence-electron chi connectivity index (χ4n) is 5.27. The van der Waals surface area contributed by atoms with Crippen LogP contribution in [-0.2, 0) is 0 Å². The fraction of sp³-hybridized carbons (Fsp3) is 0.611. The van der Waals surface area contributed by atoms with Gasteiger partial charge in [-0.2, -0.15) is 8.78 Å². The van der Waals surface area contributed by atoms with Gasteiger partial charge in [-0.15, -0.1) is 0 Å². The monoisotopic (exact) mass is 399 g/mol. The summed E-state index contributed by atoms with van der Waals surface area (Å²) in [6, 6.07) is 4.71. The van der Waals surface area contributed by atoms with Gasteiger partial charge in [0.2, 0.25) is 0 Å². The molecule has 0 atom stereocenters. The lowest BCUT2D eigenvalue weighted by Gasteiger charge is -2.54. The zero-order valence-electron chi connectivity index (χ0n) is 13.2. The summed E-state index contributed by atoms with van der Waals surface area (Å²) in [5, 5.41) is 3.13. The molecule has 0 aromatic heterocycles. The molecule has 1 aromatic rings. The molecule has 0 aliphatic heterocycles. The second-order valence-electron chi connectivity index (χ2n) is 7.45. The van der Waals surface area contributed by atoms with Gasteiger partial charge in [0.05, 0.1) is 5.56 Å². The van der Waals surface area contributed by atoms with E-state index in [2.05, 4.69) is 26.0 Å². The van der Waals surface area contributed by atoms with Crippen molar-refractivity contribution >= 4 is 21.8 Å². The molecule has 130 valence electrons. The summed E-state index contributed by atoms with van der Waals surface area (Å²) < 4.78 is 30.4. The minimum atomic E-state index is -2.95. The number of benzene rings is 1. The van der Waals surface area contributed by atoms with E-state index in [0.29, 0.717) is 16.3 Å². The number of rotatable bonds is 4. The molecule has 4 fully saturated rings.